The van der Waals surface area contributed by atoms with Gasteiger partial charge < -0.3 is 5.32 Å². The van der Waals surface area contributed by atoms with Crippen LogP contribution in [0.1, 0.15) is 19.4 Å². The van der Waals surface area contributed by atoms with Crippen molar-refractivity contribution in [2.75, 3.05) is 11.9 Å². The third-order valence-corrected chi connectivity index (χ3v) is 3.20. The Morgan fingerprint density at radius 2 is 1.89 bits per heavy atom. The fraction of sp³-hybridized carbons (Fsp3) is 0.235. The Hall–Kier alpha value is -2.09. The summed E-state index contributed by atoms with van der Waals surface area (Å²) in [6.45, 7) is 11.0. The fourth-order valence-electron chi connectivity index (χ4n) is 2.00. The fourth-order valence-corrected chi connectivity index (χ4v) is 2.00. The topological polar surface area (TPSA) is 24.4 Å². The average molecular weight is 252 g/mol. The molecule has 0 saturated heterocycles. The third-order valence-electron chi connectivity index (χ3n) is 3.20. The number of allylic oxidation sites excluding steroid dienone is 4. The summed E-state index contributed by atoms with van der Waals surface area (Å²) >= 11 is 0. The van der Waals surface area contributed by atoms with Crippen molar-refractivity contribution in [1.82, 2.24) is 0 Å². The lowest BCUT2D eigenvalue weighted by molar-refractivity contribution is 1.13. The molecule has 2 nitrogen and oxygen atoms in total. The maximum atomic E-state index is 4.54. The van der Waals surface area contributed by atoms with Crippen molar-refractivity contribution in [3.63, 3.8) is 0 Å². The summed E-state index contributed by atoms with van der Waals surface area (Å²) in [4.78, 5) is 4.54. The van der Waals surface area contributed by atoms with Gasteiger partial charge >= 0.3 is 0 Å². The van der Waals surface area contributed by atoms with Crippen LogP contribution in [0.3, 0.4) is 0 Å². The smallest absolute Gasteiger partial charge is 0.0812 e. The molecule has 1 aromatic carbocycles. The Balaban J connectivity index is 2.33. The molecule has 0 bridgehead atoms. The van der Waals surface area contributed by atoms with Crippen molar-refractivity contribution in [3.8, 4) is 0 Å². The van der Waals surface area contributed by atoms with Crippen LogP contribution in [0.15, 0.2) is 64.8 Å². The van der Waals surface area contributed by atoms with Crippen LogP contribution in [-0.2, 0) is 0 Å². The number of nitrogens with zero attached hydrogens (tertiary/aromatic N) is 1. The normalized spacial score (nSPS) is 17.2. The van der Waals surface area contributed by atoms with Gasteiger partial charge in [0.05, 0.1) is 11.4 Å². The van der Waals surface area contributed by atoms with Gasteiger partial charge in [-0.15, -0.1) is 0 Å². The molecular formula is C17H20N2. The standard InChI is InChI=1S/C17H20N2/c1-5-18-16-10-13(3)14(4)11-17(16)19-15-9-7-6-8-12(15)2/h6-11,19H,4-5H2,1-3H3. The average Bonchev–Trinajstić information content (AvgIpc) is 2.38. The van der Waals surface area contributed by atoms with Crippen molar-refractivity contribution >= 4 is 11.4 Å². The Morgan fingerprint density at radius 3 is 2.58 bits per heavy atom. The summed E-state index contributed by atoms with van der Waals surface area (Å²) in [6.07, 6.45) is 4.16. The summed E-state index contributed by atoms with van der Waals surface area (Å²) in [5.74, 6) is 0. The van der Waals surface area contributed by atoms with Crippen LogP contribution in [0.2, 0.25) is 0 Å². The lowest BCUT2D eigenvalue weighted by atomic mass is 9.98. The number of para-hydroxylation sites is 1. The van der Waals surface area contributed by atoms with Gasteiger partial charge in [-0.3, -0.25) is 4.99 Å². The van der Waals surface area contributed by atoms with Gasteiger partial charge in [0.15, 0.2) is 0 Å². The predicted octanol–water partition coefficient (Wildman–Crippen LogP) is 4.27. The Bertz CT molecular complexity index is 589. The van der Waals surface area contributed by atoms with Crippen LogP contribution in [0.4, 0.5) is 5.69 Å². The predicted molar refractivity (Wildman–Crippen MR) is 83.8 cm³/mol. The molecule has 1 N–H and O–H groups in total. The SMILES string of the molecule is C=C1C=C(Nc2ccccc2C)C(=NCC)C=C1C. The van der Waals surface area contributed by atoms with Crippen LogP contribution >= 0.6 is 0 Å². The van der Waals surface area contributed by atoms with Crippen molar-refractivity contribution < 1.29 is 0 Å². The zero-order valence-corrected chi connectivity index (χ0v) is 11.8. The highest BCUT2D eigenvalue weighted by Crippen LogP contribution is 2.23. The van der Waals surface area contributed by atoms with Crippen LogP contribution in [0.5, 0.6) is 0 Å². The number of benzene rings is 1. The first-order chi connectivity index (χ1) is 9.11. The molecule has 0 saturated carbocycles. The van der Waals surface area contributed by atoms with Crippen LogP contribution < -0.4 is 5.32 Å². The zero-order chi connectivity index (χ0) is 13.8. The van der Waals surface area contributed by atoms with E-state index in [2.05, 4.69) is 55.0 Å². The monoisotopic (exact) mass is 252 g/mol. The molecule has 1 aromatic rings. The molecule has 0 fully saturated rings. The molecule has 1 aliphatic carbocycles. The summed E-state index contributed by atoms with van der Waals surface area (Å²) < 4.78 is 0. The summed E-state index contributed by atoms with van der Waals surface area (Å²) in [7, 11) is 0. The minimum Gasteiger partial charge on any atom is -0.354 e. The molecule has 0 spiro atoms. The first-order valence-electron chi connectivity index (χ1n) is 6.58. The van der Waals surface area contributed by atoms with Crippen LogP contribution in [0, 0.1) is 6.92 Å². The number of hydrogen-bond acceptors (Lipinski definition) is 2. The van der Waals surface area contributed by atoms with Crippen molar-refractivity contribution in [2.45, 2.75) is 20.8 Å². The molecule has 0 aromatic heterocycles. The largest absolute Gasteiger partial charge is 0.354 e. The number of anilines is 1. The summed E-state index contributed by atoms with van der Waals surface area (Å²) in [5.41, 5.74) is 6.55. The molecule has 19 heavy (non-hydrogen) atoms. The molecule has 0 unspecified atom stereocenters. The number of aliphatic imine (C=N–C) groups is 1. The van der Waals surface area contributed by atoms with Gasteiger partial charge in [0.2, 0.25) is 0 Å². The van der Waals surface area contributed by atoms with E-state index in [9.17, 15) is 0 Å². The molecule has 1 aliphatic rings. The number of nitrogens with one attached hydrogen (secondary N) is 1. The van der Waals surface area contributed by atoms with E-state index < -0.39 is 0 Å². The first-order valence-corrected chi connectivity index (χ1v) is 6.58. The minimum absolute atomic E-state index is 0.776. The number of hydrogen-bond donors (Lipinski definition) is 1. The Labute approximate surface area is 115 Å². The lowest BCUT2D eigenvalue weighted by Gasteiger charge is -2.18. The van der Waals surface area contributed by atoms with Gasteiger partial charge in [-0.1, -0.05) is 24.8 Å². The van der Waals surface area contributed by atoms with Gasteiger partial charge in [0, 0.05) is 12.2 Å². The van der Waals surface area contributed by atoms with Crippen LogP contribution in [-0.4, -0.2) is 12.3 Å². The molecule has 0 atom stereocenters. The van der Waals surface area contributed by atoms with E-state index in [1.807, 2.05) is 19.1 Å². The zero-order valence-electron chi connectivity index (χ0n) is 11.8. The van der Waals surface area contributed by atoms with Gasteiger partial charge in [0.1, 0.15) is 0 Å². The van der Waals surface area contributed by atoms with Gasteiger partial charge in [-0.2, -0.15) is 0 Å². The second kappa shape index (κ2) is 5.70. The second-order valence-electron chi connectivity index (χ2n) is 4.71. The van der Waals surface area contributed by atoms with E-state index in [4.69, 9.17) is 0 Å². The molecule has 98 valence electrons. The maximum Gasteiger partial charge on any atom is 0.0812 e. The van der Waals surface area contributed by atoms with E-state index >= 15 is 0 Å². The van der Waals surface area contributed by atoms with E-state index in [1.54, 1.807) is 0 Å². The third kappa shape index (κ3) is 3.02. The van der Waals surface area contributed by atoms with Gasteiger partial charge in [0.25, 0.3) is 0 Å². The molecule has 2 rings (SSSR count). The highest BCUT2D eigenvalue weighted by molar-refractivity contribution is 6.12. The summed E-state index contributed by atoms with van der Waals surface area (Å²) in [5, 5.41) is 3.46. The van der Waals surface area contributed by atoms with Gasteiger partial charge in [-0.05, 0) is 55.7 Å². The highest BCUT2D eigenvalue weighted by atomic mass is 14.9. The van der Waals surface area contributed by atoms with Crippen molar-refractivity contribution in [2.24, 2.45) is 4.99 Å². The van der Waals surface area contributed by atoms with E-state index in [-0.39, 0.29) is 0 Å². The summed E-state index contributed by atoms with van der Waals surface area (Å²) in [6, 6.07) is 8.25. The molecular weight excluding hydrogens is 232 g/mol. The molecule has 0 aliphatic heterocycles. The van der Waals surface area contributed by atoms with Crippen LogP contribution in [0.25, 0.3) is 0 Å². The second-order valence-corrected chi connectivity index (χ2v) is 4.71. The molecule has 2 heteroatoms. The molecule has 0 heterocycles. The van der Waals surface area contributed by atoms with E-state index in [0.29, 0.717) is 0 Å². The molecule has 0 radical (unpaired) electrons. The maximum absolute atomic E-state index is 4.54. The quantitative estimate of drug-likeness (QED) is 0.853. The van der Waals surface area contributed by atoms with E-state index in [0.717, 1.165) is 29.2 Å². The van der Waals surface area contributed by atoms with E-state index in [1.165, 1.54) is 11.1 Å². The Morgan fingerprint density at radius 1 is 1.16 bits per heavy atom. The lowest BCUT2D eigenvalue weighted by Crippen LogP contribution is -2.15. The Kier molecular flexibility index (Phi) is 4.00. The van der Waals surface area contributed by atoms with Gasteiger partial charge in [-0.25, -0.2) is 0 Å². The first kappa shape index (κ1) is 13.3. The highest BCUT2D eigenvalue weighted by Gasteiger charge is 2.13. The number of rotatable bonds is 3. The minimum atomic E-state index is 0.776. The molecule has 0 amide bonds. The van der Waals surface area contributed by atoms with Crippen molar-refractivity contribution in [3.05, 3.63) is 65.4 Å². The van der Waals surface area contributed by atoms with Crippen molar-refractivity contribution in [1.29, 1.82) is 0 Å². The number of aryl methyl sites for hydroxylation is 1.